The summed E-state index contributed by atoms with van der Waals surface area (Å²) in [5, 5.41) is -0.195. The summed E-state index contributed by atoms with van der Waals surface area (Å²) in [5.41, 5.74) is -6.17. The predicted molar refractivity (Wildman–Crippen MR) is 97.2 cm³/mol. The van der Waals surface area contributed by atoms with Gasteiger partial charge in [0.25, 0.3) is 0 Å². The molecule has 2 aromatic carbocycles. The quantitative estimate of drug-likeness (QED) is 0.503. The van der Waals surface area contributed by atoms with Crippen molar-refractivity contribution >= 4 is 28.4 Å². The molecule has 3 rings (SSSR count). The Hall–Kier alpha value is -1.91. The highest BCUT2D eigenvalue weighted by molar-refractivity contribution is 8.14. The van der Waals surface area contributed by atoms with E-state index >= 15 is 0 Å². The van der Waals surface area contributed by atoms with Gasteiger partial charge in [-0.3, -0.25) is 0 Å². The number of halogens is 7. The van der Waals surface area contributed by atoms with E-state index in [1.165, 1.54) is 55.6 Å². The summed E-state index contributed by atoms with van der Waals surface area (Å²) in [7, 11) is 1.38. The van der Waals surface area contributed by atoms with Gasteiger partial charge in [0.1, 0.15) is 16.2 Å². The smallest absolute Gasteiger partial charge is 0.448 e. The highest BCUT2D eigenvalue weighted by Gasteiger charge is 2.75. The van der Waals surface area contributed by atoms with Crippen molar-refractivity contribution in [2.24, 2.45) is 4.99 Å². The van der Waals surface area contributed by atoms with E-state index in [1.807, 2.05) is 0 Å². The van der Waals surface area contributed by atoms with E-state index < -0.39 is 28.6 Å². The second-order valence-corrected chi connectivity index (χ2v) is 7.39. The molecule has 156 valence electrons. The Bertz CT molecular complexity index is 883. The van der Waals surface area contributed by atoms with Gasteiger partial charge in [0.2, 0.25) is 0 Å². The molecule has 1 heterocycles. The first kappa shape index (κ1) is 21.8. The monoisotopic (exact) mass is 455 g/mol. The molecule has 0 radical (unpaired) electrons. The third kappa shape index (κ3) is 4.19. The number of methoxy groups -OCH3 is 1. The number of thioether (sulfide) groups is 1. The average molecular weight is 456 g/mol. The van der Waals surface area contributed by atoms with E-state index in [1.54, 1.807) is 0 Å². The molecular formula is C18H12ClF6NO2S. The van der Waals surface area contributed by atoms with E-state index in [9.17, 15) is 26.3 Å². The molecule has 2 aromatic rings. The van der Waals surface area contributed by atoms with E-state index in [0.717, 1.165) is 0 Å². The zero-order chi connectivity index (χ0) is 21.4. The summed E-state index contributed by atoms with van der Waals surface area (Å²) >= 11 is 6.40. The highest BCUT2D eigenvalue weighted by Crippen LogP contribution is 2.54. The lowest BCUT2D eigenvalue weighted by molar-refractivity contribution is -0.382. The topological polar surface area (TPSA) is 30.8 Å². The molecule has 1 unspecified atom stereocenters. The Morgan fingerprint density at radius 1 is 0.966 bits per heavy atom. The van der Waals surface area contributed by atoms with Gasteiger partial charge in [-0.2, -0.15) is 26.3 Å². The molecule has 1 aliphatic rings. The van der Waals surface area contributed by atoms with Gasteiger partial charge in [-0.05, 0) is 29.8 Å². The molecule has 0 fully saturated rings. The van der Waals surface area contributed by atoms with Crippen molar-refractivity contribution in [3.05, 3.63) is 64.7 Å². The van der Waals surface area contributed by atoms with Crippen molar-refractivity contribution in [2.45, 2.75) is 23.5 Å². The van der Waals surface area contributed by atoms with Crippen LogP contribution in [0.2, 0.25) is 5.02 Å². The maximum absolute atomic E-state index is 13.7. The van der Waals surface area contributed by atoms with Crippen molar-refractivity contribution in [1.29, 1.82) is 0 Å². The van der Waals surface area contributed by atoms with Gasteiger partial charge in [-0.1, -0.05) is 47.6 Å². The van der Waals surface area contributed by atoms with Crippen LogP contribution in [0.5, 0.6) is 5.75 Å². The fraction of sp³-hybridized carbons (Fsp3) is 0.278. The number of alkyl halides is 6. The second kappa shape index (κ2) is 7.73. The second-order valence-electron chi connectivity index (χ2n) is 5.90. The highest BCUT2D eigenvalue weighted by atomic mass is 35.5. The van der Waals surface area contributed by atoms with Crippen molar-refractivity contribution in [3.63, 3.8) is 0 Å². The Kier molecular flexibility index (Phi) is 5.81. The number of benzene rings is 2. The molecule has 0 spiro atoms. The lowest BCUT2D eigenvalue weighted by Crippen LogP contribution is -2.59. The zero-order valence-electron chi connectivity index (χ0n) is 14.5. The molecule has 0 saturated carbocycles. The fourth-order valence-electron chi connectivity index (χ4n) is 2.52. The SMILES string of the molecule is COc1ccc(C2OC(C(F)(F)F)(C(F)(F)F)N=C(c3ccc(Cl)cc3)S2)cc1. The molecule has 29 heavy (non-hydrogen) atoms. The van der Waals surface area contributed by atoms with Crippen LogP contribution < -0.4 is 4.74 Å². The number of aliphatic imine (C=N–C) groups is 1. The number of ether oxygens (including phenoxy) is 2. The number of hydrogen-bond donors (Lipinski definition) is 0. The van der Waals surface area contributed by atoms with Crippen molar-refractivity contribution in [1.82, 2.24) is 0 Å². The van der Waals surface area contributed by atoms with Crippen LogP contribution in [-0.4, -0.2) is 30.2 Å². The van der Waals surface area contributed by atoms with E-state index in [4.69, 9.17) is 16.3 Å². The number of rotatable bonds is 3. The molecule has 0 aromatic heterocycles. The zero-order valence-corrected chi connectivity index (χ0v) is 16.1. The van der Waals surface area contributed by atoms with Crippen molar-refractivity contribution in [2.75, 3.05) is 7.11 Å². The minimum absolute atomic E-state index is 0.0547. The van der Waals surface area contributed by atoms with Crippen LogP contribution in [0, 0.1) is 0 Å². The van der Waals surface area contributed by atoms with Crippen LogP contribution in [0.1, 0.15) is 16.6 Å². The molecule has 0 aliphatic carbocycles. The van der Waals surface area contributed by atoms with Crippen LogP contribution in [0.3, 0.4) is 0 Å². The Labute approximate surface area is 170 Å². The van der Waals surface area contributed by atoms with Crippen LogP contribution in [0.15, 0.2) is 53.5 Å². The molecule has 3 nitrogen and oxygen atoms in total. The number of nitrogens with zero attached hydrogens (tertiary/aromatic N) is 1. The molecule has 0 saturated heterocycles. The first-order valence-corrected chi connectivity index (χ1v) is 9.20. The van der Waals surface area contributed by atoms with E-state index in [0.29, 0.717) is 17.5 Å². The minimum atomic E-state index is -5.84. The van der Waals surface area contributed by atoms with Gasteiger partial charge in [-0.25, -0.2) is 4.99 Å². The van der Waals surface area contributed by atoms with Gasteiger partial charge in [0.05, 0.1) is 7.11 Å². The Morgan fingerprint density at radius 3 is 2.00 bits per heavy atom. The van der Waals surface area contributed by atoms with Gasteiger partial charge < -0.3 is 9.47 Å². The molecule has 0 N–H and O–H groups in total. The molecule has 1 aliphatic heterocycles. The third-order valence-corrected chi connectivity index (χ3v) is 5.39. The summed E-state index contributed by atoms with van der Waals surface area (Å²) in [4.78, 5) is 3.00. The molecule has 0 bridgehead atoms. The third-order valence-electron chi connectivity index (χ3n) is 4.00. The van der Waals surface area contributed by atoms with E-state index in [-0.39, 0.29) is 16.1 Å². The van der Waals surface area contributed by atoms with Crippen molar-refractivity contribution < 1.29 is 35.8 Å². The maximum atomic E-state index is 13.7. The fourth-order valence-corrected chi connectivity index (χ4v) is 3.78. The first-order chi connectivity index (χ1) is 13.5. The van der Waals surface area contributed by atoms with E-state index in [2.05, 4.69) is 9.73 Å². The molecule has 11 heteroatoms. The van der Waals surface area contributed by atoms with Crippen LogP contribution >= 0.6 is 23.4 Å². The Morgan fingerprint density at radius 2 is 1.52 bits per heavy atom. The van der Waals surface area contributed by atoms with Gasteiger partial charge >= 0.3 is 18.1 Å². The predicted octanol–water partition coefficient (Wildman–Crippen LogP) is 6.38. The largest absolute Gasteiger partial charge is 0.497 e. The molecular weight excluding hydrogens is 444 g/mol. The summed E-state index contributed by atoms with van der Waals surface area (Å²) in [6.45, 7) is 0. The van der Waals surface area contributed by atoms with Crippen LogP contribution in [-0.2, 0) is 4.74 Å². The average Bonchev–Trinajstić information content (AvgIpc) is 2.66. The minimum Gasteiger partial charge on any atom is -0.497 e. The van der Waals surface area contributed by atoms with Crippen LogP contribution in [0.4, 0.5) is 26.3 Å². The molecule has 0 amide bonds. The maximum Gasteiger partial charge on any atom is 0.448 e. The van der Waals surface area contributed by atoms with Gasteiger partial charge in [-0.15, -0.1) is 0 Å². The lowest BCUT2D eigenvalue weighted by atomic mass is 10.1. The van der Waals surface area contributed by atoms with Gasteiger partial charge in [0.15, 0.2) is 0 Å². The standard InChI is InChI=1S/C18H12ClF6NO2S/c1-27-13-8-4-11(5-9-13)15-28-16(17(20,21)22,18(23,24)25)26-14(29-15)10-2-6-12(19)7-3-10/h2-9,15H,1H3. The van der Waals surface area contributed by atoms with Crippen LogP contribution in [0.25, 0.3) is 0 Å². The number of hydrogen-bond acceptors (Lipinski definition) is 4. The molecule has 1 atom stereocenters. The first-order valence-electron chi connectivity index (χ1n) is 7.94. The summed E-state index contributed by atoms with van der Waals surface area (Å²) in [6.07, 6.45) is -11.7. The summed E-state index contributed by atoms with van der Waals surface area (Å²) in [6, 6.07) is 10.8. The normalized spacial score (nSPS) is 19.6. The Balaban J connectivity index is 2.15. The lowest BCUT2D eigenvalue weighted by Gasteiger charge is -2.40. The summed E-state index contributed by atoms with van der Waals surface area (Å²) in [5.74, 6) is 0.388. The van der Waals surface area contributed by atoms with Crippen molar-refractivity contribution in [3.8, 4) is 5.75 Å². The summed E-state index contributed by atoms with van der Waals surface area (Å²) < 4.78 is 91.5. The van der Waals surface area contributed by atoms with Gasteiger partial charge in [0, 0.05) is 10.6 Å².